The second kappa shape index (κ2) is 9.75. The fraction of sp³-hybridized carbons (Fsp3) is 0.333. The highest BCUT2D eigenvalue weighted by Gasteiger charge is 2.25. The number of nitrogens with one attached hydrogen (secondary N) is 1. The molecule has 0 spiro atoms. The van der Waals surface area contributed by atoms with Crippen LogP contribution in [-0.2, 0) is 14.3 Å². The summed E-state index contributed by atoms with van der Waals surface area (Å²) in [5, 5.41) is 2.61. The molecule has 3 rings (SSSR count). The summed E-state index contributed by atoms with van der Waals surface area (Å²) in [5.74, 6) is 0.677. The van der Waals surface area contributed by atoms with E-state index in [1.54, 1.807) is 36.3 Å². The Morgan fingerprint density at radius 1 is 1.14 bits per heavy atom. The lowest BCUT2D eigenvalue weighted by atomic mass is 10.1. The van der Waals surface area contributed by atoms with Crippen LogP contribution in [0.4, 0.5) is 0 Å². The maximum absolute atomic E-state index is 12.4. The Morgan fingerprint density at radius 3 is 2.71 bits per heavy atom. The summed E-state index contributed by atoms with van der Waals surface area (Å²) in [6.07, 6.45) is -0.147. The van der Waals surface area contributed by atoms with Crippen LogP contribution in [0.5, 0.6) is 11.5 Å². The second-order valence-corrected chi connectivity index (χ2v) is 6.35. The molecule has 1 saturated heterocycles. The molecule has 28 heavy (non-hydrogen) atoms. The van der Waals surface area contributed by atoms with Gasteiger partial charge in [0.15, 0.2) is 6.61 Å². The van der Waals surface area contributed by atoms with Gasteiger partial charge in [-0.1, -0.05) is 36.4 Å². The zero-order valence-corrected chi connectivity index (χ0v) is 15.8. The molecule has 0 aliphatic carbocycles. The Bertz CT molecular complexity index is 796. The van der Waals surface area contributed by atoms with E-state index in [1.807, 2.05) is 30.3 Å². The van der Waals surface area contributed by atoms with E-state index in [4.69, 9.17) is 14.2 Å². The molecule has 1 N–H and O–H groups in total. The van der Waals surface area contributed by atoms with Crippen LogP contribution in [-0.4, -0.2) is 56.7 Å². The zero-order chi connectivity index (χ0) is 19.8. The number of amides is 2. The van der Waals surface area contributed by atoms with E-state index >= 15 is 0 Å². The van der Waals surface area contributed by atoms with Crippen LogP contribution in [0, 0.1) is 0 Å². The van der Waals surface area contributed by atoms with Crippen LogP contribution >= 0.6 is 0 Å². The normalized spacial score (nSPS) is 16.3. The van der Waals surface area contributed by atoms with E-state index in [0.717, 1.165) is 5.56 Å². The van der Waals surface area contributed by atoms with Crippen LogP contribution in [0.25, 0.3) is 0 Å². The van der Waals surface area contributed by atoms with Gasteiger partial charge in [-0.05, 0) is 17.7 Å². The van der Waals surface area contributed by atoms with Gasteiger partial charge < -0.3 is 24.4 Å². The summed E-state index contributed by atoms with van der Waals surface area (Å²) in [7, 11) is 1.56. The van der Waals surface area contributed by atoms with Crippen molar-refractivity contribution in [1.29, 1.82) is 0 Å². The molecule has 1 aliphatic rings. The zero-order valence-electron chi connectivity index (χ0n) is 15.8. The fourth-order valence-electron chi connectivity index (χ4n) is 2.92. The van der Waals surface area contributed by atoms with Gasteiger partial charge >= 0.3 is 0 Å². The number of benzene rings is 2. The maximum atomic E-state index is 12.4. The van der Waals surface area contributed by atoms with Crippen molar-refractivity contribution in [2.45, 2.75) is 6.10 Å². The topological polar surface area (TPSA) is 77.1 Å². The molecule has 2 amide bonds. The molecule has 1 aliphatic heterocycles. The summed E-state index contributed by atoms with van der Waals surface area (Å²) in [6.45, 7) is 1.22. The molecule has 148 valence electrons. The number of morpholine rings is 1. The lowest BCUT2D eigenvalue weighted by Gasteiger charge is -2.33. The van der Waals surface area contributed by atoms with E-state index in [2.05, 4.69) is 5.32 Å². The molecule has 0 bridgehead atoms. The van der Waals surface area contributed by atoms with Gasteiger partial charge in [0.05, 0.1) is 26.8 Å². The maximum Gasteiger partial charge on any atom is 0.258 e. The Morgan fingerprint density at radius 2 is 1.93 bits per heavy atom. The monoisotopic (exact) mass is 384 g/mol. The van der Waals surface area contributed by atoms with Crippen LogP contribution < -0.4 is 14.8 Å². The molecule has 0 radical (unpaired) electrons. The number of methoxy groups -OCH3 is 1. The molecule has 1 atom stereocenters. The minimum atomic E-state index is -0.357. The van der Waals surface area contributed by atoms with E-state index in [1.165, 1.54) is 0 Å². The molecule has 2 aromatic rings. The molecule has 1 unspecified atom stereocenters. The van der Waals surface area contributed by atoms with Gasteiger partial charge in [0.2, 0.25) is 5.91 Å². The molecule has 2 aromatic carbocycles. The minimum absolute atomic E-state index is 0.0676. The van der Waals surface area contributed by atoms with Gasteiger partial charge in [-0.3, -0.25) is 9.59 Å². The quantitative estimate of drug-likeness (QED) is 0.788. The van der Waals surface area contributed by atoms with Gasteiger partial charge in [-0.25, -0.2) is 0 Å². The first-order chi connectivity index (χ1) is 13.7. The average Bonchev–Trinajstić information content (AvgIpc) is 2.77. The van der Waals surface area contributed by atoms with E-state index in [0.29, 0.717) is 31.2 Å². The van der Waals surface area contributed by atoms with Gasteiger partial charge in [0, 0.05) is 12.6 Å². The number of carbonyl (C=O) groups is 2. The number of rotatable bonds is 7. The van der Waals surface area contributed by atoms with Crippen molar-refractivity contribution < 1.29 is 23.8 Å². The Labute approximate surface area is 164 Å². The Hall–Kier alpha value is -3.06. The van der Waals surface area contributed by atoms with E-state index < -0.39 is 0 Å². The fourth-order valence-corrected chi connectivity index (χ4v) is 2.92. The molecular formula is C21H24N2O5. The molecule has 0 aromatic heterocycles. The second-order valence-electron chi connectivity index (χ2n) is 6.35. The molecule has 7 heteroatoms. The van der Waals surface area contributed by atoms with Crippen molar-refractivity contribution in [2.75, 3.05) is 40.0 Å². The van der Waals surface area contributed by atoms with Crippen molar-refractivity contribution in [3.63, 3.8) is 0 Å². The number of hydrogen-bond acceptors (Lipinski definition) is 5. The van der Waals surface area contributed by atoms with E-state index in [9.17, 15) is 9.59 Å². The highest BCUT2D eigenvalue weighted by atomic mass is 16.5. The predicted molar refractivity (Wildman–Crippen MR) is 103 cm³/mol. The molecule has 1 fully saturated rings. The summed E-state index contributed by atoms with van der Waals surface area (Å²) in [4.78, 5) is 26.1. The lowest BCUT2D eigenvalue weighted by molar-refractivity contribution is -0.139. The first kappa shape index (κ1) is 19.7. The molecule has 1 heterocycles. The number of hydrogen-bond donors (Lipinski definition) is 1. The van der Waals surface area contributed by atoms with Crippen LogP contribution in [0.2, 0.25) is 0 Å². The average molecular weight is 384 g/mol. The van der Waals surface area contributed by atoms with Crippen molar-refractivity contribution in [3.05, 3.63) is 60.2 Å². The molecular weight excluding hydrogens is 360 g/mol. The van der Waals surface area contributed by atoms with Gasteiger partial charge in [0.25, 0.3) is 5.91 Å². The van der Waals surface area contributed by atoms with Crippen molar-refractivity contribution in [2.24, 2.45) is 0 Å². The summed E-state index contributed by atoms with van der Waals surface area (Å²) >= 11 is 0. The van der Waals surface area contributed by atoms with Crippen molar-refractivity contribution in [3.8, 4) is 11.5 Å². The van der Waals surface area contributed by atoms with Gasteiger partial charge in [-0.15, -0.1) is 0 Å². The highest BCUT2D eigenvalue weighted by molar-refractivity contribution is 5.85. The largest absolute Gasteiger partial charge is 0.497 e. The number of nitrogens with zero attached hydrogens (tertiary/aromatic N) is 1. The summed E-state index contributed by atoms with van der Waals surface area (Å²) < 4.78 is 16.3. The SMILES string of the molecule is COc1cccc(OCC(=O)NCC(=O)N2CCOC(c3ccccc3)C2)c1. The lowest BCUT2D eigenvalue weighted by Crippen LogP contribution is -2.47. The Balaban J connectivity index is 1.43. The van der Waals surface area contributed by atoms with Crippen molar-refractivity contribution in [1.82, 2.24) is 10.2 Å². The number of carbonyl (C=O) groups excluding carboxylic acids is 2. The van der Waals surface area contributed by atoms with E-state index in [-0.39, 0.29) is 31.1 Å². The molecule has 7 nitrogen and oxygen atoms in total. The molecule has 0 saturated carbocycles. The van der Waals surface area contributed by atoms with Crippen LogP contribution in [0.3, 0.4) is 0 Å². The Kier molecular flexibility index (Phi) is 6.86. The van der Waals surface area contributed by atoms with Crippen molar-refractivity contribution >= 4 is 11.8 Å². The smallest absolute Gasteiger partial charge is 0.258 e. The third-order valence-electron chi connectivity index (χ3n) is 4.44. The standard InChI is InChI=1S/C21H24N2O5/c1-26-17-8-5-9-18(12-17)28-15-20(24)22-13-21(25)23-10-11-27-19(14-23)16-6-3-2-4-7-16/h2-9,12,19H,10-11,13-15H2,1H3,(H,22,24). The van der Waals surface area contributed by atoms with Crippen LogP contribution in [0.1, 0.15) is 11.7 Å². The third kappa shape index (κ3) is 5.47. The summed E-state index contributed by atoms with van der Waals surface area (Å²) in [5.41, 5.74) is 1.04. The predicted octanol–water partition coefficient (Wildman–Crippen LogP) is 1.79. The van der Waals surface area contributed by atoms with Gasteiger partial charge in [0.1, 0.15) is 17.6 Å². The first-order valence-electron chi connectivity index (χ1n) is 9.13. The third-order valence-corrected chi connectivity index (χ3v) is 4.44. The summed E-state index contributed by atoms with van der Waals surface area (Å²) in [6, 6.07) is 16.8. The highest BCUT2D eigenvalue weighted by Crippen LogP contribution is 2.22. The minimum Gasteiger partial charge on any atom is -0.497 e. The van der Waals surface area contributed by atoms with Gasteiger partial charge in [-0.2, -0.15) is 0 Å². The number of ether oxygens (including phenoxy) is 3. The van der Waals surface area contributed by atoms with Crippen LogP contribution in [0.15, 0.2) is 54.6 Å². The first-order valence-corrected chi connectivity index (χ1v) is 9.13.